The van der Waals surface area contributed by atoms with Crippen LogP contribution >= 0.6 is 15.9 Å². The Labute approximate surface area is 130 Å². The predicted octanol–water partition coefficient (Wildman–Crippen LogP) is 3.98. The van der Waals surface area contributed by atoms with Gasteiger partial charge in [-0.15, -0.1) is 0 Å². The number of halogens is 1. The van der Waals surface area contributed by atoms with E-state index >= 15 is 0 Å². The minimum absolute atomic E-state index is 0.383. The Balaban J connectivity index is 2.19. The van der Waals surface area contributed by atoms with E-state index in [2.05, 4.69) is 41.2 Å². The number of anilines is 1. The molecule has 0 heterocycles. The zero-order chi connectivity index (χ0) is 15.0. The van der Waals surface area contributed by atoms with E-state index in [-0.39, 0.29) is 0 Å². The Hall–Kier alpha value is -0.580. The van der Waals surface area contributed by atoms with Crippen molar-refractivity contribution in [2.75, 3.05) is 25.1 Å². The molecule has 0 fully saturated rings. The zero-order valence-corrected chi connectivity index (χ0v) is 14.2. The number of hydrogen-bond donors (Lipinski definition) is 2. The van der Waals surface area contributed by atoms with Gasteiger partial charge < -0.3 is 15.2 Å². The highest BCUT2D eigenvalue weighted by molar-refractivity contribution is 9.10. The van der Waals surface area contributed by atoms with Gasteiger partial charge in [-0.05, 0) is 59.3 Å². The summed E-state index contributed by atoms with van der Waals surface area (Å²) in [6.07, 6.45) is 1.74. The number of nitrogens with one attached hydrogen (secondary N) is 1. The Kier molecular flexibility index (Phi) is 8.19. The fourth-order valence-corrected chi connectivity index (χ4v) is 2.26. The standard InChI is InChI=1S/C16H26BrNO2/c1-12(2)5-4-8-20-11-14(19)10-18-16-9-13(3)6-7-15(16)17/h6-7,9,12,14,18-19H,4-5,8,10-11H2,1-3H3. The minimum Gasteiger partial charge on any atom is -0.389 e. The van der Waals surface area contributed by atoms with E-state index in [0.29, 0.717) is 19.1 Å². The highest BCUT2D eigenvalue weighted by Crippen LogP contribution is 2.23. The molecule has 1 atom stereocenters. The first-order valence-electron chi connectivity index (χ1n) is 7.25. The molecule has 0 spiro atoms. The van der Waals surface area contributed by atoms with Crippen LogP contribution in [0.25, 0.3) is 0 Å². The normalized spacial score (nSPS) is 12.7. The van der Waals surface area contributed by atoms with Crippen LogP contribution in [-0.4, -0.2) is 31.0 Å². The van der Waals surface area contributed by atoms with Gasteiger partial charge in [-0.2, -0.15) is 0 Å². The maximum atomic E-state index is 9.88. The summed E-state index contributed by atoms with van der Waals surface area (Å²) < 4.78 is 6.49. The number of rotatable bonds is 9. The summed E-state index contributed by atoms with van der Waals surface area (Å²) in [5.74, 6) is 0.712. The van der Waals surface area contributed by atoms with Crippen molar-refractivity contribution in [3.8, 4) is 0 Å². The van der Waals surface area contributed by atoms with Gasteiger partial charge in [-0.1, -0.05) is 19.9 Å². The molecule has 0 aliphatic carbocycles. The van der Waals surface area contributed by atoms with Crippen LogP contribution in [0.4, 0.5) is 5.69 Å². The van der Waals surface area contributed by atoms with Gasteiger partial charge in [0.25, 0.3) is 0 Å². The molecule has 1 aromatic carbocycles. The first kappa shape index (κ1) is 17.5. The smallest absolute Gasteiger partial charge is 0.0945 e. The number of aryl methyl sites for hydroxylation is 1. The first-order valence-corrected chi connectivity index (χ1v) is 8.04. The third kappa shape index (κ3) is 7.27. The summed E-state index contributed by atoms with van der Waals surface area (Å²) >= 11 is 3.49. The van der Waals surface area contributed by atoms with E-state index in [1.165, 1.54) is 12.0 Å². The Morgan fingerprint density at radius 1 is 1.35 bits per heavy atom. The molecule has 0 aliphatic heterocycles. The lowest BCUT2D eigenvalue weighted by molar-refractivity contribution is 0.0409. The quantitative estimate of drug-likeness (QED) is 0.666. The van der Waals surface area contributed by atoms with Crippen molar-refractivity contribution in [3.63, 3.8) is 0 Å². The highest BCUT2D eigenvalue weighted by Gasteiger charge is 2.06. The van der Waals surface area contributed by atoms with Gasteiger partial charge in [0, 0.05) is 23.3 Å². The van der Waals surface area contributed by atoms with Gasteiger partial charge in [-0.25, -0.2) is 0 Å². The average Bonchev–Trinajstić information content (AvgIpc) is 2.39. The topological polar surface area (TPSA) is 41.5 Å². The molecule has 0 aromatic heterocycles. The van der Waals surface area contributed by atoms with Crippen LogP contribution in [0.15, 0.2) is 22.7 Å². The monoisotopic (exact) mass is 343 g/mol. The van der Waals surface area contributed by atoms with Crippen LogP contribution in [0.5, 0.6) is 0 Å². The van der Waals surface area contributed by atoms with Crippen LogP contribution in [-0.2, 0) is 4.74 Å². The Morgan fingerprint density at radius 2 is 2.10 bits per heavy atom. The van der Waals surface area contributed by atoms with Gasteiger partial charge >= 0.3 is 0 Å². The number of benzene rings is 1. The van der Waals surface area contributed by atoms with Crippen molar-refractivity contribution in [2.24, 2.45) is 5.92 Å². The minimum atomic E-state index is -0.485. The van der Waals surface area contributed by atoms with Crippen LogP contribution < -0.4 is 5.32 Å². The van der Waals surface area contributed by atoms with E-state index < -0.39 is 6.10 Å². The molecule has 1 aromatic rings. The third-order valence-electron chi connectivity index (χ3n) is 3.03. The van der Waals surface area contributed by atoms with E-state index in [1.807, 2.05) is 19.1 Å². The van der Waals surface area contributed by atoms with Crippen molar-refractivity contribution >= 4 is 21.6 Å². The summed E-state index contributed by atoms with van der Waals surface area (Å²) in [5.41, 5.74) is 2.19. The van der Waals surface area contributed by atoms with Gasteiger partial charge in [0.15, 0.2) is 0 Å². The molecule has 1 rings (SSSR count). The number of aliphatic hydroxyl groups is 1. The van der Waals surface area contributed by atoms with Crippen molar-refractivity contribution in [1.82, 2.24) is 0 Å². The zero-order valence-electron chi connectivity index (χ0n) is 12.7. The average molecular weight is 344 g/mol. The second kappa shape index (κ2) is 9.37. The molecule has 4 heteroatoms. The second-order valence-electron chi connectivity index (χ2n) is 5.63. The molecule has 0 radical (unpaired) electrons. The lowest BCUT2D eigenvalue weighted by Gasteiger charge is -2.15. The largest absolute Gasteiger partial charge is 0.389 e. The van der Waals surface area contributed by atoms with Crippen LogP contribution in [0.3, 0.4) is 0 Å². The molecule has 0 aliphatic rings. The SMILES string of the molecule is Cc1ccc(Br)c(NCC(O)COCCCC(C)C)c1. The van der Waals surface area contributed by atoms with Crippen molar-refractivity contribution in [3.05, 3.63) is 28.2 Å². The van der Waals surface area contributed by atoms with Gasteiger partial charge in [0.1, 0.15) is 0 Å². The molecule has 114 valence electrons. The maximum Gasteiger partial charge on any atom is 0.0945 e. The highest BCUT2D eigenvalue weighted by atomic mass is 79.9. The number of hydrogen-bond acceptors (Lipinski definition) is 3. The Morgan fingerprint density at radius 3 is 2.80 bits per heavy atom. The fourth-order valence-electron chi connectivity index (χ4n) is 1.87. The summed E-state index contributed by atoms with van der Waals surface area (Å²) in [6, 6.07) is 6.11. The van der Waals surface area contributed by atoms with E-state index in [9.17, 15) is 5.11 Å². The lowest BCUT2D eigenvalue weighted by Crippen LogP contribution is -2.25. The summed E-state index contributed by atoms with van der Waals surface area (Å²) in [5, 5.41) is 13.1. The summed E-state index contributed by atoms with van der Waals surface area (Å²) in [4.78, 5) is 0. The van der Waals surface area contributed by atoms with Crippen LogP contribution in [0.1, 0.15) is 32.3 Å². The maximum absolute atomic E-state index is 9.88. The van der Waals surface area contributed by atoms with Crippen molar-refractivity contribution in [2.45, 2.75) is 39.7 Å². The molecular weight excluding hydrogens is 318 g/mol. The lowest BCUT2D eigenvalue weighted by atomic mass is 10.1. The number of aliphatic hydroxyl groups excluding tert-OH is 1. The van der Waals surface area contributed by atoms with Gasteiger partial charge in [-0.3, -0.25) is 0 Å². The molecule has 1 unspecified atom stereocenters. The van der Waals surface area contributed by atoms with Crippen LogP contribution in [0, 0.1) is 12.8 Å². The molecule has 20 heavy (non-hydrogen) atoms. The van der Waals surface area contributed by atoms with Gasteiger partial charge in [0.05, 0.1) is 12.7 Å². The third-order valence-corrected chi connectivity index (χ3v) is 3.72. The van der Waals surface area contributed by atoms with E-state index in [4.69, 9.17) is 4.74 Å². The van der Waals surface area contributed by atoms with Gasteiger partial charge in [0.2, 0.25) is 0 Å². The first-order chi connectivity index (χ1) is 9.49. The molecule has 0 amide bonds. The molecule has 0 saturated carbocycles. The molecule has 2 N–H and O–H groups in total. The molecular formula is C16H26BrNO2. The van der Waals surface area contributed by atoms with E-state index in [0.717, 1.165) is 23.2 Å². The van der Waals surface area contributed by atoms with Crippen molar-refractivity contribution in [1.29, 1.82) is 0 Å². The molecule has 0 saturated heterocycles. The second-order valence-corrected chi connectivity index (χ2v) is 6.48. The summed E-state index contributed by atoms with van der Waals surface area (Å²) in [6.45, 7) is 8.06. The number of ether oxygens (including phenoxy) is 1. The predicted molar refractivity (Wildman–Crippen MR) is 88.3 cm³/mol. The van der Waals surface area contributed by atoms with Crippen LogP contribution in [0.2, 0.25) is 0 Å². The molecule has 3 nitrogen and oxygen atoms in total. The Bertz CT molecular complexity index is 396. The van der Waals surface area contributed by atoms with Crippen molar-refractivity contribution < 1.29 is 9.84 Å². The summed E-state index contributed by atoms with van der Waals surface area (Å²) in [7, 11) is 0. The van der Waals surface area contributed by atoms with E-state index in [1.54, 1.807) is 0 Å². The fraction of sp³-hybridized carbons (Fsp3) is 0.625. The molecule has 0 bridgehead atoms.